The third-order valence-corrected chi connectivity index (χ3v) is 2.25. The van der Waals surface area contributed by atoms with Crippen LogP contribution < -0.4 is 4.98 Å². The monoisotopic (exact) mass is 339 g/mol. The molecule has 0 bridgehead atoms. The van der Waals surface area contributed by atoms with Crippen molar-refractivity contribution in [1.82, 2.24) is 4.98 Å². The maximum absolute atomic E-state index is 4.89. The Kier molecular flexibility index (Phi) is 27.3. The van der Waals surface area contributed by atoms with Crippen LogP contribution in [0.1, 0.15) is 20.8 Å². The molecule has 0 fully saturated rings. The van der Waals surface area contributed by atoms with Gasteiger partial charge >= 0.3 is 71.3 Å². The van der Waals surface area contributed by atoms with Gasteiger partial charge < -0.3 is 4.98 Å². The molecule has 0 aromatic heterocycles. The van der Waals surface area contributed by atoms with E-state index in [-0.39, 0.29) is 0 Å². The zero-order valence-corrected chi connectivity index (χ0v) is 15.7. The van der Waals surface area contributed by atoms with Gasteiger partial charge in [-0.2, -0.15) is 0 Å². The second kappa shape index (κ2) is 16.2. The second-order valence-corrected chi connectivity index (χ2v) is 8.30. The molecule has 12 heavy (non-hydrogen) atoms. The van der Waals surface area contributed by atoms with E-state index in [2.05, 4.69) is 25.8 Å². The van der Waals surface area contributed by atoms with E-state index in [4.69, 9.17) is 37.2 Å². The van der Waals surface area contributed by atoms with Gasteiger partial charge in [0.1, 0.15) is 0 Å². The summed E-state index contributed by atoms with van der Waals surface area (Å²) in [4.78, 5) is 3.24. The molecule has 0 saturated heterocycles. The zero-order chi connectivity index (χ0) is 10.6. The SMILES string of the molecule is CC(C)(C)N[SiH3].[Cl][Ti][Cl].[Cl][Ti][Cl]. The van der Waals surface area contributed by atoms with E-state index in [1.165, 1.54) is 0 Å². The molecule has 0 aliphatic rings. The van der Waals surface area contributed by atoms with Crippen LogP contribution in [0.4, 0.5) is 0 Å². The number of rotatable bonds is 0. The van der Waals surface area contributed by atoms with E-state index in [0.717, 1.165) is 10.4 Å². The number of halogens is 4. The third-order valence-electron chi connectivity index (χ3n) is 0.750. The summed E-state index contributed by atoms with van der Waals surface area (Å²) in [6.45, 7) is 6.50. The van der Waals surface area contributed by atoms with Gasteiger partial charge in [0, 0.05) is 5.54 Å². The number of hydrogen-bond acceptors (Lipinski definition) is 1. The molecule has 0 aliphatic carbocycles. The summed E-state index contributed by atoms with van der Waals surface area (Å²) < 4.78 is 0. The summed E-state index contributed by atoms with van der Waals surface area (Å²) in [5, 5.41) is 0. The van der Waals surface area contributed by atoms with Crippen molar-refractivity contribution < 1.29 is 34.1 Å². The second-order valence-electron chi connectivity index (χ2n) is 2.64. The summed E-state index contributed by atoms with van der Waals surface area (Å²) in [5.41, 5.74) is 0.353. The molecule has 0 atom stereocenters. The quantitative estimate of drug-likeness (QED) is 0.668. The molecule has 8 heteroatoms. The van der Waals surface area contributed by atoms with Gasteiger partial charge in [0.2, 0.25) is 0 Å². The summed E-state index contributed by atoms with van der Waals surface area (Å²) >= 11 is -1.11. The van der Waals surface area contributed by atoms with Crippen LogP contribution in [0, 0.1) is 0 Å². The van der Waals surface area contributed by atoms with Crippen molar-refractivity contribution in [3.05, 3.63) is 0 Å². The average molecular weight is 341 g/mol. The van der Waals surface area contributed by atoms with Crippen LogP contribution in [0.25, 0.3) is 0 Å². The standard InChI is InChI=1S/C4H13NSi.4ClH.2Ti/c1-4(2,3)5-6;;;;;;/h5H,1-3,6H3;4*1H;;/q;;;;;2*+2/p-4. The van der Waals surface area contributed by atoms with Crippen LogP contribution >= 0.6 is 37.2 Å². The molecular formula is C4H13Cl4NSiTi2. The predicted molar refractivity (Wildman–Crippen MR) is 56.2 cm³/mol. The Labute approximate surface area is 111 Å². The van der Waals surface area contributed by atoms with Gasteiger partial charge in [0.15, 0.2) is 0 Å². The van der Waals surface area contributed by atoms with E-state index in [1.54, 1.807) is 0 Å². The van der Waals surface area contributed by atoms with Crippen LogP contribution in [-0.2, 0) is 34.1 Å². The first-order chi connectivity index (χ1) is 5.39. The maximum atomic E-state index is 4.89. The van der Waals surface area contributed by atoms with Gasteiger partial charge in [-0.3, -0.25) is 0 Å². The number of nitrogens with one attached hydrogen (secondary N) is 1. The van der Waals surface area contributed by atoms with Gasteiger partial charge in [0.25, 0.3) is 0 Å². The fraction of sp³-hybridized carbons (Fsp3) is 1.00. The molecule has 0 aromatic carbocycles. The Balaban J connectivity index is -0.000000115. The molecule has 1 nitrogen and oxygen atoms in total. The Morgan fingerprint density at radius 3 is 1.08 bits per heavy atom. The van der Waals surface area contributed by atoms with Crippen molar-refractivity contribution in [3.63, 3.8) is 0 Å². The third kappa shape index (κ3) is 53.2. The van der Waals surface area contributed by atoms with Crippen LogP contribution in [0.5, 0.6) is 0 Å². The van der Waals surface area contributed by atoms with Crippen LogP contribution in [0.15, 0.2) is 0 Å². The molecule has 0 aromatic rings. The molecule has 0 rings (SSSR count). The molecule has 0 heterocycles. The van der Waals surface area contributed by atoms with Crippen LogP contribution in [-0.4, -0.2) is 15.9 Å². The molecular weight excluding hydrogens is 328 g/mol. The molecule has 74 valence electrons. The van der Waals surface area contributed by atoms with Gasteiger partial charge in [-0.05, 0) is 20.8 Å². The van der Waals surface area contributed by atoms with Gasteiger partial charge in [-0.1, -0.05) is 0 Å². The van der Waals surface area contributed by atoms with Crippen molar-refractivity contribution in [3.8, 4) is 0 Å². The Morgan fingerprint density at radius 1 is 1.00 bits per heavy atom. The summed E-state index contributed by atoms with van der Waals surface area (Å²) in [7, 11) is 20.7. The first-order valence-electron chi connectivity index (χ1n) is 3.01. The average Bonchev–Trinajstić information content (AvgIpc) is 1.90. The molecule has 0 saturated carbocycles. The van der Waals surface area contributed by atoms with Gasteiger partial charge in [0.05, 0.1) is 10.4 Å². The normalized spacial score (nSPS) is 8.58. The Morgan fingerprint density at radius 2 is 1.08 bits per heavy atom. The van der Waals surface area contributed by atoms with Crippen molar-refractivity contribution in [1.29, 1.82) is 0 Å². The summed E-state index contributed by atoms with van der Waals surface area (Å²) in [6.07, 6.45) is 0. The van der Waals surface area contributed by atoms with E-state index < -0.39 is 34.1 Å². The minimum atomic E-state index is -0.556. The minimum absolute atomic E-state index is 0.353. The van der Waals surface area contributed by atoms with Crippen molar-refractivity contribution in [2.24, 2.45) is 0 Å². The Bertz CT molecular complexity index is 70.6. The van der Waals surface area contributed by atoms with Gasteiger partial charge in [-0.15, -0.1) is 0 Å². The molecule has 0 spiro atoms. The van der Waals surface area contributed by atoms with Crippen molar-refractivity contribution in [2.75, 3.05) is 0 Å². The van der Waals surface area contributed by atoms with Crippen LogP contribution in [0.3, 0.4) is 0 Å². The predicted octanol–water partition coefficient (Wildman–Crippen LogP) is 2.41. The van der Waals surface area contributed by atoms with Crippen molar-refractivity contribution >= 4 is 47.6 Å². The fourth-order valence-corrected chi connectivity index (χ4v) is 0. The first kappa shape index (κ1) is 20.2. The molecule has 0 amide bonds. The molecule has 0 unspecified atom stereocenters. The molecule has 1 N–H and O–H groups in total. The van der Waals surface area contributed by atoms with Crippen molar-refractivity contribution in [2.45, 2.75) is 26.3 Å². The molecule has 0 radical (unpaired) electrons. The summed E-state index contributed by atoms with van der Waals surface area (Å²) in [6, 6.07) is 0. The summed E-state index contributed by atoms with van der Waals surface area (Å²) in [5.74, 6) is 0. The number of hydrogen-bond donors (Lipinski definition) is 1. The fourth-order valence-electron chi connectivity index (χ4n) is 0. The first-order valence-corrected chi connectivity index (χ1v) is 12.6. The van der Waals surface area contributed by atoms with E-state index >= 15 is 0 Å². The van der Waals surface area contributed by atoms with E-state index in [0.29, 0.717) is 5.54 Å². The van der Waals surface area contributed by atoms with E-state index in [1.807, 2.05) is 0 Å². The molecule has 0 aliphatic heterocycles. The topological polar surface area (TPSA) is 12.0 Å². The van der Waals surface area contributed by atoms with Crippen LogP contribution in [0.2, 0.25) is 0 Å². The van der Waals surface area contributed by atoms with E-state index in [9.17, 15) is 0 Å². The van der Waals surface area contributed by atoms with Gasteiger partial charge in [-0.25, -0.2) is 0 Å². The Hall–Kier alpha value is 2.77. The zero-order valence-electron chi connectivity index (χ0n) is 7.51.